The maximum absolute atomic E-state index is 12.5. The van der Waals surface area contributed by atoms with Gasteiger partial charge in [-0.15, -0.1) is 0 Å². The number of nitrogens with two attached hydrogens (primary N) is 1. The van der Waals surface area contributed by atoms with E-state index in [-0.39, 0.29) is 10.6 Å². The topological polar surface area (TPSA) is 60.2 Å². The van der Waals surface area contributed by atoms with Gasteiger partial charge in [0.25, 0.3) is 0 Å². The molecule has 106 valence electrons. The Hall–Kier alpha value is -1.23. The van der Waals surface area contributed by atoms with Gasteiger partial charge in [-0.05, 0) is 36.8 Å². The molecule has 0 aliphatic heterocycles. The van der Waals surface area contributed by atoms with Gasteiger partial charge in [0.15, 0.2) is 9.84 Å². The zero-order valence-electron chi connectivity index (χ0n) is 10.7. The van der Waals surface area contributed by atoms with Gasteiger partial charge in [0.1, 0.15) is 0 Å². The maximum atomic E-state index is 12.5. The Bertz CT molecular complexity index is 738. The Balaban J connectivity index is 2.50. The van der Waals surface area contributed by atoms with Crippen molar-refractivity contribution in [3.8, 4) is 0 Å². The molecule has 0 saturated heterocycles. The highest BCUT2D eigenvalue weighted by Gasteiger charge is 2.21. The molecule has 0 aromatic heterocycles. The number of benzene rings is 2. The molecule has 0 bridgehead atoms. The van der Waals surface area contributed by atoms with Gasteiger partial charge in [0, 0.05) is 21.3 Å². The summed E-state index contributed by atoms with van der Waals surface area (Å²) in [6.07, 6.45) is 0. The van der Waals surface area contributed by atoms with E-state index in [0.717, 1.165) is 0 Å². The number of halogens is 2. The molecule has 3 nitrogen and oxygen atoms in total. The number of sulfone groups is 1. The number of nitrogen functional groups attached to an aromatic ring is 1. The second-order valence-electron chi connectivity index (χ2n) is 4.43. The largest absolute Gasteiger partial charge is 0.398 e. The molecule has 0 amide bonds. The summed E-state index contributed by atoms with van der Waals surface area (Å²) < 4.78 is 25.0. The normalized spacial score (nSPS) is 11.6. The van der Waals surface area contributed by atoms with Crippen LogP contribution in [0, 0.1) is 6.92 Å². The van der Waals surface area contributed by atoms with E-state index in [1.54, 1.807) is 37.3 Å². The molecule has 2 rings (SSSR count). The van der Waals surface area contributed by atoms with E-state index in [0.29, 0.717) is 26.9 Å². The number of anilines is 1. The Kier molecular flexibility index (Phi) is 4.28. The van der Waals surface area contributed by atoms with Crippen LogP contribution < -0.4 is 5.73 Å². The molecule has 0 saturated carbocycles. The Morgan fingerprint density at radius 3 is 2.20 bits per heavy atom. The molecule has 0 radical (unpaired) electrons. The lowest BCUT2D eigenvalue weighted by Crippen LogP contribution is -2.09. The monoisotopic (exact) mass is 329 g/mol. The first-order valence-electron chi connectivity index (χ1n) is 5.83. The predicted octanol–water partition coefficient (Wildman–Crippen LogP) is 3.86. The first-order valence-corrected chi connectivity index (χ1v) is 8.24. The molecular weight excluding hydrogens is 317 g/mol. The van der Waals surface area contributed by atoms with E-state index in [9.17, 15) is 8.42 Å². The lowest BCUT2D eigenvalue weighted by Gasteiger charge is -2.11. The quantitative estimate of drug-likeness (QED) is 0.870. The van der Waals surface area contributed by atoms with E-state index in [2.05, 4.69) is 0 Å². The molecule has 2 N–H and O–H groups in total. The lowest BCUT2D eigenvalue weighted by atomic mass is 10.2. The van der Waals surface area contributed by atoms with Crippen molar-refractivity contribution in [3.63, 3.8) is 0 Å². The second kappa shape index (κ2) is 5.64. The van der Waals surface area contributed by atoms with Crippen molar-refractivity contribution in [1.82, 2.24) is 0 Å². The van der Waals surface area contributed by atoms with Crippen molar-refractivity contribution in [2.75, 3.05) is 5.73 Å². The number of hydrogen-bond acceptors (Lipinski definition) is 3. The van der Waals surface area contributed by atoms with Gasteiger partial charge in [-0.1, -0.05) is 35.3 Å². The van der Waals surface area contributed by atoms with E-state index in [1.807, 2.05) is 0 Å². The molecule has 0 unspecified atom stereocenters. The summed E-state index contributed by atoms with van der Waals surface area (Å²) in [6.45, 7) is 1.68. The summed E-state index contributed by atoms with van der Waals surface area (Å²) in [5.41, 5.74) is 7.13. The van der Waals surface area contributed by atoms with Gasteiger partial charge < -0.3 is 5.73 Å². The molecule has 0 fully saturated rings. The maximum Gasteiger partial charge on any atom is 0.182 e. The smallest absolute Gasteiger partial charge is 0.182 e. The van der Waals surface area contributed by atoms with Gasteiger partial charge in [0.05, 0.1) is 10.6 Å². The molecule has 2 aromatic rings. The first kappa shape index (κ1) is 15.2. The standard InChI is InChI=1S/C14H13Cl2NO2S/c1-9-13(17)6-3-7-14(9)20(18,19)8-10-11(15)4-2-5-12(10)16/h2-7H,8,17H2,1H3. The van der Waals surface area contributed by atoms with Gasteiger partial charge in [-0.2, -0.15) is 0 Å². The molecule has 20 heavy (non-hydrogen) atoms. The Labute approximate surface area is 128 Å². The third-order valence-electron chi connectivity index (χ3n) is 3.06. The summed E-state index contributed by atoms with van der Waals surface area (Å²) in [4.78, 5) is 0.202. The van der Waals surface area contributed by atoms with Crippen LogP contribution in [0.2, 0.25) is 10.0 Å². The minimum Gasteiger partial charge on any atom is -0.398 e. The van der Waals surface area contributed by atoms with Crippen LogP contribution in [-0.2, 0) is 15.6 Å². The van der Waals surface area contributed by atoms with Crippen molar-refractivity contribution in [2.45, 2.75) is 17.6 Å². The third-order valence-corrected chi connectivity index (χ3v) is 5.55. The van der Waals surface area contributed by atoms with Crippen LogP contribution in [-0.4, -0.2) is 8.42 Å². The van der Waals surface area contributed by atoms with E-state index in [4.69, 9.17) is 28.9 Å². The predicted molar refractivity (Wildman–Crippen MR) is 82.9 cm³/mol. The number of hydrogen-bond donors (Lipinski definition) is 1. The van der Waals surface area contributed by atoms with Crippen molar-refractivity contribution < 1.29 is 8.42 Å². The fraction of sp³-hybridized carbons (Fsp3) is 0.143. The van der Waals surface area contributed by atoms with E-state index in [1.165, 1.54) is 6.07 Å². The SMILES string of the molecule is Cc1c(N)cccc1S(=O)(=O)Cc1c(Cl)cccc1Cl. The van der Waals surface area contributed by atoms with E-state index < -0.39 is 9.84 Å². The fourth-order valence-electron chi connectivity index (χ4n) is 1.91. The summed E-state index contributed by atoms with van der Waals surface area (Å²) in [6, 6.07) is 9.72. The van der Waals surface area contributed by atoms with Gasteiger partial charge in [0.2, 0.25) is 0 Å². The van der Waals surface area contributed by atoms with Crippen LogP contribution in [0.1, 0.15) is 11.1 Å². The van der Waals surface area contributed by atoms with Crippen LogP contribution in [0.25, 0.3) is 0 Å². The highest BCUT2D eigenvalue weighted by Crippen LogP contribution is 2.30. The minimum absolute atomic E-state index is 0.202. The molecule has 0 atom stereocenters. The average Bonchev–Trinajstić information content (AvgIpc) is 2.37. The van der Waals surface area contributed by atoms with Crippen molar-refractivity contribution in [1.29, 1.82) is 0 Å². The highest BCUT2D eigenvalue weighted by molar-refractivity contribution is 7.90. The highest BCUT2D eigenvalue weighted by atomic mass is 35.5. The van der Waals surface area contributed by atoms with Crippen molar-refractivity contribution in [3.05, 3.63) is 57.6 Å². The van der Waals surface area contributed by atoms with Crippen LogP contribution in [0.5, 0.6) is 0 Å². The van der Waals surface area contributed by atoms with Crippen LogP contribution in [0.4, 0.5) is 5.69 Å². The zero-order valence-corrected chi connectivity index (χ0v) is 13.1. The van der Waals surface area contributed by atoms with Crippen LogP contribution in [0.3, 0.4) is 0 Å². The Morgan fingerprint density at radius 1 is 1.05 bits per heavy atom. The minimum atomic E-state index is -3.56. The van der Waals surface area contributed by atoms with Gasteiger partial charge in [-0.3, -0.25) is 0 Å². The molecular formula is C14H13Cl2NO2S. The molecule has 0 heterocycles. The molecule has 0 spiro atoms. The molecule has 0 aliphatic carbocycles. The fourth-order valence-corrected chi connectivity index (χ4v) is 4.31. The van der Waals surface area contributed by atoms with Gasteiger partial charge in [-0.25, -0.2) is 8.42 Å². The molecule has 2 aromatic carbocycles. The second-order valence-corrected chi connectivity index (χ2v) is 7.20. The summed E-state index contributed by atoms with van der Waals surface area (Å²) >= 11 is 12.0. The summed E-state index contributed by atoms with van der Waals surface area (Å²) in [5.74, 6) is -0.254. The van der Waals surface area contributed by atoms with Crippen LogP contribution in [0.15, 0.2) is 41.3 Å². The van der Waals surface area contributed by atoms with Crippen molar-refractivity contribution in [2.24, 2.45) is 0 Å². The Morgan fingerprint density at radius 2 is 1.60 bits per heavy atom. The van der Waals surface area contributed by atoms with Crippen molar-refractivity contribution >= 4 is 38.7 Å². The lowest BCUT2D eigenvalue weighted by molar-refractivity contribution is 0.594. The summed E-state index contributed by atoms with van der Waals surface area (Å²) in [7, 11) is -3.56. The zero-order chi connectivity index (χ0) is 14.9. The molecule has 0 aliphatic rings. The number of rotatable bonds is 3. The summed E-state index contributed by atoms with van der Waals surface area (Å²) in [5, 5.41) is 0.672. The van der Waals surface area contributed by atoms with Crippen LogP contribution >= 0.6 is 23.2 Å². The van der Waals surface area contributed by atoms with E-state index >= 15 is 0 Å². The first-order chi connectivity index (χ1) is 9.33. The third kappa shape index (κ3) is 2.92. The molecule has 6 heteroatoms. The average molecular weight is 330 g/mol. The van der Waals surface area contributed by atoms with Gasteiger partial charge >= 0.3 is 0 Å².